The maximum atomic E-state index is 12.0. The number of nitrogens with two attached hydrogens (primary N) is 1. The number of nitrogens with zero attached hydrogens (tertiary/aromatic N) is 1. The van der Waals surface area contributed by atoms with Gasteiger partial charge in [0.1, 0.15) is 5.75 Å². The Hall–Kier alpha value is -2.82. The number of benzene rings is 2. The van der Waals surface area contributed by atoms with Crippen molar-refractivity contribution in [2.75, 3.05) is 5.73 Å². The summed E-state index contributed by atoms with van der Waals surface area (Å²) in [5.74, 6) is -0.269. The number of nitrogens with one attached hydrogen (secondary N) is 1. The number of carbonyl (C=O) groups excluding carboxylic acids is 1. The molecule has 0 fully saturated rings. The fourth-order valence-electron chi connectivity index (χ4n) is 1.90. The number of anilines is 1. The van der Waals surface area contributed by atoms with Gasteiger partial charge in [0.05, 0.1) is 11.3 Å². The molecule has 0 unspecified atom stereocenters. The van der Waals surface area contributed by atoms with Crippen molar-refractivity contribution in [2.45, 2.75) is 13.8 Å². The Morgan fingerprint density at radius 3 is 2.62 bits per heavy atom. The first-order chi connectivity index (χ1) is 9.99. The summed E-state index contributed by atoms with van der Waals surface area (Å²) in [5.41, 5.74) is 11.0. The second-order valence-electron chi connectivity index (χ2n) is 4.75. The third kappa shape index (κ3) is 3.39. The van der Waals surface area contributed by atoms with Gasteiger partial charge >= 0.3 is 0 Å². The average molecular weight is 283 g/mol. The van der Waals surface area contributed by atoms with Crippen LogP contribution in [0.25, 0.3) is 0 Å². The van der Waals surface area contributed by atoms with Gasteiger partial charge in [-0.05, 0) is 38.1 Å². The lowest BCUT2D eigenvalue weighted by Crippen LogP contribution is -2.20. The van der Waals surface area contributed by atoms with E-state index in [-0.39, 0.29) is 11.7 Å². The van der Waals surface area contributed by atoms with Crippen LogP contribution in [0.15, 0.2) is 47.6 Å². The molecule has 0 aromatic heterocycles. The van der Waals surface area contributed by atoms with Gasteiger partial charge in [0, 0.05) is 11.3 Å². The molecule has 0 saturated heterocycles. The van der Waals surface area contributed by atoms with E-state index in [2.05, 4.69) is 10.5 Å². The first-order valence-electron chi connectivity index (χ1n) is 6.48. The lowest BCUT2D eigenvalue weighted by atomic mass is 10.1. The van der Waals surface area contributed by atoms with Crippen molar-refractivity contribution in [2.24, 2.45) is 5.10 Å². The number of para-hydroxylation sites is 1. The van der Waals surface area contributed by atoms with E-state index in [1.54, 1.807) is 49.4 Å². The van der Waals surface area contributed by atoms with Gasteiger partial charge in [0.15, 0.2) is 0 Å². The quantitative estimate of drug-likeness (QED) is 0.459. The zero-order chi connectivity index (χ0) is 15.4. The Morgan fingerprint density at radius 1 is 1.19 bits per heavy atom. The number of phenols is 1. The molecule has 0 saturated carbocycles. The zero-order valence-corrected chi connectivity index (χ0v) is 11.9. The Labute approximate surface area is 123 Å². The predicted octanol–water partition coefficient (Wildman–Crippen LogP) is 2.44. The summed E-state index contributed by atoms with van der Waals surface area (Å²) >= 11 is 0. The third-order valence-corrected chi connectivity index (χ3v) is 3.07. The number of aromatic hydroxyl groups is 1. The minimum Gasteiger partial charge on any atom is -0.507 e. The van der Waals surface area contributed by atoms with Gasteiger partial charge in [0.25, 0.3) is 5.91 Å². The van der Waals surface area contributed by atoms with Crippen molar-refractivity contribution in [1.29, 1.82) is 0 Å². The first kappa shape index (κ1) is 14.6. The number of hydrazone groups is 1. The van der Waals surface area contributed by atoms with Gasteiger partial charge in [0.2, 0.25) is 0 Å². The number of rotatable bonds is 3. The SMILES string of the molecule is C/C(=N\NC(=O)c1ccccc1N)c1cc(C)ccc1O. The van der Waals surface area contributed by atoms with Crippen LogP contribution in [-0.2, 0) is 0 Å². The predicted molar refractivity (Wildman–Crippen MR) is 83.4 cm³/mol. The summed E-state index contributed by atoms with van der Waals surface area (Å²) < 4.78 is 0. The summed E-state index contributed by atoms with van der Waals surface area (Å²) in [5, 5.41) is 13.8. The van der Waals surface area contributed by atoms with Crippen LogP contribution in [0.4, 0.5) is 5.69 Å². The van der Waals surface area contributed by atoms with E-state index in [0.29, 0.717) is 22.5 Å². The lowest BCUT2D eigenvalue weighted by molar-refractivity contribution is 0.0955. The van der Waals surface area contributed by atoms with Crippen LogP contribution in [0.1, 0.15) is 28.4 Å². The number of hydrogen-bond acceptors (Lipinski definition) is 4. The molecule has 108 valence electrons. The third-order valence-electron chi connectivity index (χ3n) is 3.07. The summed E-state index contributed by atoms with van der Waals surface area (Å²) in [6.45, 7) is 3.63. The Balaban J connectivity index is 2.19. The molecule has 5 nitrogen and oxygen atoms in total. The molecule has 0 aliphatic rings. The largest absolute Gasteiger partial charge is 0.507 e. The molecule has 2 aromatic rings. The molecule has 0 atom stereocenters. The van der Waals surface area contributed by atoms with Crippen LogP contribution >= 0.6 is 0 Å². The number of hydrogen-bond donors (Lipinski definition) is 3. The monoisotopic (exact) mass is 283 g/mol. The minimum absolute atomic E-state index is 0.121. The van der Waals surface area contributed by atoms with Crippen LogP contribution in [-0.4, -0.2) is 16.7 Å². The molecule has 2 aromatic carbocycles. The highest BCUT2D eigenvalue weighted by Gasteiger charge is 2.09. The van der Waals surface area contributed by atoms with E-state index in [9.17, 15) is 9.90 Å². The van der Waals surface area contributed by atoms with Crippen LogP contribution in [0.3, 0.4) is 0 Å². The number of amides is 1. The van der Waals surface area contributed by atoms with Crippen LogP contribution in [0, 0.1) is 6.92 Å². The van der Waals surface area contributed by atoms with Crippen molar-refractivity contribution in [1.82, 2.24) is 5.43 Å². The second-order valence-corrected chi connectivity index (χ2v) is 4.75. The molecular weight excluding hydrogens is 266 g/mol. The molecule has 1 amide bonds. The summed E-state index contributed by atoms with van der Waals surface area (Å²) in [4.78, 5) is 12.0. The normalized spacial score (nSPS) is 11.2. The molecule has 2 rings (SSSR count). The maximum Gasteiger partial charge on any atom is 0.273 e. The van der Waals surface area contributed by atoms with Crippen molar-refractivity contribution < 1.29 is 9.90 Å². The highest BCUT2D eigenvalue weighted by atomic mass is 16.3. The topological polar surface area (TPSA) is 87.7 Å². The fourth-order valence-corrected chi connectivity index (χ4v) is 1.90. The first-order valence-corrected chi connectivity index (χ1v) is 6.48. The van der Waals surface area contributed by atoms with Crippen molar-refractivity contribution >= 4 is 17.3 Å². The molecule has 0 aliphatic heterocycles. The van der Waals surface area contributed by atoms with E-state index in [1.807, 2.05) is 6.92 Å². The minimum atomic E-state index is -0.389. The van der Waals surface area contributed by atoms with E-state index in [4.69, 9.17) is 5.73 Å². The maximum absolute atomic E-state index is 12.0. The second kappa shape index (κ2) is 6.09. The smallest absolute Gasteiger partial charge is 0.273 e. The zero-order valence-electron chi connectivity index (χ0n) is 11.9. The van der Waals surface area contributed by atoms with Gasteiger partial charge in [-0.1, -0.05) is 23.8 Å². The van der Waals surface area contributed by atoms with E-state index in [1.165, 1.54) is 0 Å². The standard InChI is InChI=1S/C16H17N3O2/c1-10-7-8-15(20)13(9-10)11(2)18-19-16(21)12-5-3-4-6-14(12)17/h3-9,20H,17H2,1-2H3,(H,19,21)/b18-11+. The fraction of sp³-hybridized carbons (Fsp3) is 0.125. The Kier molecular flexibility index (Phi) is 4.23. The van der Waals surface area contributed by atoms with Crippen molar-refractivity contribution in [3.63, 3.8) is 0 Å². The number of nitrogen functional groups attached to an aromatic ring is 1. The summed E-state index contributed by atoms with van der Waals surface area (Å²) in [6, 6.07) is 12.0. The number of carbonyl (C=O) groups is 1. The Bertz CT molecular complexity index is 708. The molecule has 4 N–H and O–H groups in total. The Morgan fingerprint density at radius 2 is 1.90 bits per heavy atom. The molecule has 21 heavy (non-hydrogen) atoms. The molecule has 0 aliphatic carbocycles. The lowest BCUT2D eigenvalue weighted by Gasteiger charge is -2.07. The molecule has 0 bridgehead atoms. The van der Waals surface area contributed by atoms with Crippen molar-refractivity contribution in [3.05, 3.63) is 59.2 Å². The van der Waals surface area contributed by atoms with Crippen LogP contribution in [0.2, 0.25) is 0 Å². The van der Waals surface area contributed by atoms with Gasteiger partial charge in [-0.25, -0.2) is 5.43 Å². The van der Waals surface area contributed by atoms with Crippen LogP contribution < -0.4 is 11.2 Å². The number of aryl methyl sites for hydroxylation is 1. The number of phenolic OH excluding ortho intramolecular Hbond substituents is 1. The summed E-state index contributed by atoms with van der Waals surface area (Å²) in [6.07, 6.45) is 0. The highest BCUT2D eigenvalue weighted by Crippen LogP contribution is 2.19. The van der Waals surface area contributed by atoms with Gasteiger partial charge in [-0.15, -0.1) is 0 Å². The van der Waals surface area contributed by atoms with Gasteiger partial charge in [-0.2, -0.15) is 5.10 Å². The van der Waals surface area contributed by atoms with E-state index >= 15 is 0 Å². The van der Waals surface area contributed by atoms with Crippen molar-refractivity contribution in [3.8, 4) is 5.75 Å². The van der Waals surface area contributed by atoms with E-state index in [0.717, 1.165) is 5.56 Å². The summed E-state index contributed by atoms with van der Waals surface area (Å²) in [7, 11) is 0. The molecule has 0 radical (unpaired) electrons. The van der Waals surface area contributed by atoms with Gasteiger partial charge < -0.3 is 10.8 Å². The van der Waals surface area contributed by atoms with E-state index < -0.39 is 0 Å². The highest BCUT2D eigenvalue weighted by molar-refractivity contribution is 6.03. The van der Waals surface area contributed by atoms with Crippen LogP contribution in [0.5, 0.6) is 5.75 Å². The molecule has 0 heterocycles. The molecular formula is C16H17N3O2. The molecule has 0 spiro atoms. The molecule has 5 heteroatoms. The average Bonchev–Trinajstić information content (AvgIpc) is 2.47. The van der Waals surface area contributed by atoms with Gasteiger partial charge in [-0.3, -0.25) is 4.79 Å².